The van der Waals surface area contributed by atoms with Gasteiger partial charge in [0.25, 0.3) is 0 Å². The maximum atomic E-state index is 8.31. The molecule has 0 amide bonds. The summed E-state index contributed by atoms with van der Waals surface area (Å²) >= 11 is 0. The Kier molecular flexibility index (Phi) is 1.88. The summed E-state index contributed by atoms with van der Waals surface area (Å²) in [6, 6.07) is 5.56. The molecule has 0 aliphatic carbocycles. The lowest BCUT2D eigenvalue weighted by Gasteiger charge is -1.95. The van der Waals surface area contributed by atoms with Crippen molar-refractivity contribution in [2.75, 3.05) is 0 Å². The van der Waals surface area contributed by atoms with Gasteiger partial charge in [0.2, 0.25) is 0 Å². The molecule has 4 heteroatoms. The molecule has 4 nitrogen and oxygen atoms in total. The normalized spacial score (nSPS) is 11.1. The summed E-state index contributed by atoms with van der Waals surface area (Å²) in [4.78, 5) is 8.14. The summed E-state index contributed by atoms with van der Waals surface area (Å²) in [5.74, 6) is 0. The van der Waals surface area contributed by atoms with E-state index in [1.54, 1.807) is 18.5 Å². The molecule has 0 radical (unpaired) electrons. The molecule has 2 aromatic rings. The van der Waals surface area contributed by atoms with E-state index in [4.69, 9.17) is 5.21 Å². The summed E-state index contributed by atoms with van der Waals surface area (Å²) in [6.07, 6.45) is 4.67. The Balaban J connectivity index is 2.62. The van der Waals surface area contributed by atoms with Crippen LogP contribution < -0.4 is 0 Å². The Labute approximate surface area is 74.6 Å². The standard InChI is InChI=1S/C9H7N3O/c13-11-5-8-2-1-7-3-4-10-6-9(7)12-8/h1-6,13H. The Morgan fingerprint density at radius 1 is 1.31 bits per heavy atom. The topological polar surface area (TPSA) is 58.4 Å². The van der Waals surface area contributed by atoms with Gasteiger partial charge in [-0.05, 0) is 12.1 Å². The molecule has 2 heterocycles. The molecule has 2 aromatic heterocycles. The van der Waals surface area contributed by atoms with Crippen LogP contribution in [0.2, 0.25) is 0 Å². The lowest BCUT2D eigenvalue weighted by atomic mass is 10.2. The number of fused-ring (bicyclic) bond motifs is 1. The minimum absolute atomic E-state index is 0.614. The number of aromatic nitrogens is 2. The van der Waals surface area contributed by atoms with Gasteiger partial charge in [-0.3, -0.25) is 4.98 Å². The summed E-state index contributed by atoms with van der Waals surface area (Å²) in [6.45, 7) is 0. The third-order valence-corrected chi connectivity index (χ3v) is 1.71. The van der Waals surface area contributed by atoms with Gasteiger partial charge in [-0.15, -0.1) is 0 Å². The number of nitrogens with zero attached hydrogens (tertiary/aromatic N) is 3. The van der Waals surface area contributed by atoms with Crippen LogP contribution in [0.1, 0.15) is 5.69 Å². The molecular weight excluding hydrogens is 166 g/mol. The van der Waals surface area contributed by atoms with Crippen molar-refractivity contribution in [3.8, 4) is 0 Å². The van der Waals surface area contributed by atoms with Crippen LogP contribution in [-0.2, 0) is 0 Å². The third-order valence-electron chi connectivity index (χ3n) is 1.71. The third kappa shape index (κ3) is 1.46. The molecule has 64 valence electrons. The highest BCUT2D eigenvalue weighted by Gasteiger charge is 1.94. The second kappa shape index (κ2) is 3.18. The first-order valence-corrected chi connectivity index (χ1v) is 3.78. The van der Waals surface area contributed by atoms with Gasteiger partial charge in [-0.1, -0.05) is 11.2 Å². The smallest absolute Gasteiger partial charge is 0.0918 e. The molecule has 0 saturated carbocycles. The Morgan fingerprint density at radius 2 is 2.23 bits per heavy atom. The second-order valence-corrected chi connectivity index (χ2v) is 2.55. The van der Waals surface area contributed by atoms with E-state index in [2.05, 4.69) is 15.1 Å². The molecule has 0 aliphatic rings. The van der Waals surface area contributed by atoms with E-state index in [1.165, 1.54) is 6.21 Å². The Hall–Kier alpha value is -1.97. The van der Waals surface area contributed by atoms with E-state index in [0.29, 0.717) is 5.69 Å². The molecule has 0 spiro atoms. The fourth-order valence-corrected chi connectivity index (χ4v) is 1.11. The zero-order valence-electron chi connectivity index (χ0n) is 6.75. The zero-order valence-corrected chi connectivity index (χ0v) is 6.75. The number of pyridine rings is 2. The molecule has 0 saturated heterocycles. The van der Waals surface area contributed by atoms with E-state index < -0.39 is 0 Å². The minimum Gasteiger partial charge on any atom is -0.411 e. The molecule has 0 aromatic carbocycles. The number of rotatable bonds is 1. The van der Waals surface area contributed by atoms with Crippen LogP contribution >= 0.6 is 0 Å². The molecule has 0 bridgehead atoms. The zero-order chi connectivity index (χ0) is 9.10. The number of oxime groups is 1. The van der Waals surface area contributed by atoms with Crippen molar-refractivity contribution in [3.05, 3.63) is 36.3 Å². The molecule has 0 unspecified atom stereocenters. The van der Waals surface area contributed by atoms with Crippen molar-refractivity contribution in [1.82, 2.24) is 9.97 Å². The highest BCUT2D eigenvalue weighted by molar-refractivity contribution is 5.84. The van der Waals surface area contributed by atoms with Crippen LogP contribution in [0.5, 0.6) is 0 Å². The van der Waals surface area contributed by atoms with E-state index in [0.717, 1.165) is 10.9 Å². The van der Waals surface area contributed by atoms with Crippen molar-refractivity contribution in [3.63, 3.8) is 0 Å². The van der Waals surface area contributed by atoms with Gasteiger partial charge in [0.05, 0.1) is 23.6 Å². The number of hydrogen-bond donors (Lipinski definition) is 1. The largest absolute Gasteiger partial charge is 0.411 e. The first kappa shape index (κ1) is 7.67. The lowest BCUT2D eigenvalue weighted by molar-refractivity contribution is 0.321. The molecule has 0 atom stereocenters. The predicted octanol–water partition coefficient (Wildman–Crippen LogP) is 1.44. The lowest BCUT2D eigenvalue weighted by Crippen LogP contribution is -1.88. The molecule has 0 aliphatic heterocycles. The van der Waals surface area contributed by atoms with E-state index in [9.17, 15) is 0 Å². The van der Waals surface area contributed by atoms with Crippen LogP contribution in [-0.4, -0.2) is 21.4 Å². The van der Waals surface area contributed by atoms with Gasteiger partial charge >= 0.3 is 0 Å². The van der Waals surface area contributed by atoms with Crippen LogP contribution in [0.4, 0.5) is 0 Å². The van der Waals surface area contributed by atoms with E-state index in [1.807, 2.05) is 12.1 Å². The minimum atomic E-state index is 0.614. The van der Waals surface area contributed by atoms with Crippen LogP contribution in [0.25, 0.3) is 10.9 Å². The monoisotopic (exact) mass is 173 g/mol. The van der Waals surface area contributed by atoms with Gasteiger partial charge in [0.1, 0.15) is 0 Å². The maximum Gasteiger partial charge on any atom is 0.0918 e. The Bertz CT molecular complexity index is 453. The van der Waals surface area contributed by atoms with E-state index >= 15 is 0 Å². The van der Waals surface area contributed by atoms with Gasteiger partial charge in [-0.25, -0.2) is 4.98 Å². The van der Waals surface area contributed by atoms with Crippen LogP contribution in [0.3, 0.4) is 0 Å². The van der Waals surface area contributed by atoms with Gasteiger partial charge in [0.15, 0.2) is 0 Å². The van der Waals surface area contributed by atoms with Crippen molar-refractivity contribution in [2.24, 2.45) is 5.16 Å². The maximum absolute atomic E-state index is 8.31. The SMILES string of the molecule is ON=Cc1ccc2ccncc2n1. The molecular formula is C9H7N3O. The molecule has 0 fully saturated rings. The van der Waals surface area contributed by atoms with Crippen molar-refractivity contribution >= 4 is 17.1 Å². The average Bonchev–Trinajstić information content (AvgIpc) is 2.18. The highest BCUT2D eigenvalue weighted by Crippen LogP contribution is 2.08. The first-order valence-electron chi connectivity index (χ1n) is 3.78. The van der Waals surface area contributed by atoms with Crippen LogP contribution in [0, 0.1) is 0 Å². The molecule has 13 heavy (non-hydrogen) atoms. The highest BCUT2D eigenvalue weighted by atomic mass is 16.4. The average molecular weight is 173 g/mol. The van der Waals surface area contributed by atoms with Gasteiger partial charge < -0.3 is 5.21 Å². The number of hydrogen-bond acceptors (Lipinski definition) is 4. The van der Waals surface area contributed by atoms with Crippen molar-refractivity contribution in [1.29, 1.82) is 0 Å². The molecule has 2 rings (SSSR count). The fourth-order valence-electron chi connectivity index (χ4n) is 1.11. The first-order chi connectivity index (χ1) is 6.40. The summed E-state index contributed by atoms with van der Waals surface area (Å²) in [5.41, 5.74) is 1.41. The fraction of sp³-hybridized carbons (Fsp3) is 0. The summed E-state index contributed by atoms with van der Waals surface area (Å²) in [7, 11) is 0. The summed E-state index contributed by atoms with van der Waals surface area (Å²) in [5, 5.41) is 12.2. The predicted molar refractivity (Wildman–Crippen MR) is 48.9 cm³/mol. The van der Waals surface area contributed by atoms with Crippen LogP contribution in [0.15, 0.2) is 35.7 Å². The molecule has 1 N–H and O–H groups in total. The summed E-state index contributed by atoms with van der Waals surface area (Å²) < 4.78 is 0. The van der Waals surface area contributed by atoms with Gasteiger partial charge in [0, 0.05) is 11.6 Å². The Morgan fingerprint density at radius 3 is 3.08 bits per heavy atom. The van der Waals surface area contributed by atoms with E-state index in [-0.39, 0.29) is 0 Å². The second-order valence-electron chi connectivity index (χ2n) is 2.55. The van der Waals surface area contributed by atoms with Gasteiger partial charge in [-0.2, -0.15) is 0 Å². The quantitative estimate of drug-likeness (QED) is 0.403. The van der Waals surface area contributed by atoms with Crippen molar-refractivity contribution in [2.45, 2.75) is 0 Å². The van der Waals surface area contributed by atoms with Crippen molar-refractivity contribution < 1.29 is 5.21 Å².